The van der Waals surface area contributed by atoms with Crippen LogP contribution in [0.5, 0.6) is 0 Å². The Bertz CT molecular complexity index is 594. The Labute approximate surface area is 115 Å². The summed E-state index contributed by atoms with van der Waals surface area (Å²) in [6.45, 7) is 3.03. The molecule has 0 aliphatic heterocycles. The van der Waals surface area contributed by atoms with Crippen LogP contribution in [0.2, 0.25) is 0 Å². The van der Waals surface area contributed by atoms with Crippen LogP contribution in [-0.4, -0.2) is 24.0 Å². The lowest BCUT2D eigenvalue weighted by Gasteiger charge is -2.12. The molecule has 0 bridgehead atoms. The first kappa shape index (κ1) is 15.3. The van der Waals surface area contributed by atoms with Gasteiger partial charge < -0.3 is 4.74 Å². The summed E-state index contributed by atoms with van der Waals surface area (Å²) in [7, 11) is 0. The third-order valence-electron chi connectivity index (χ3n) is 2.34. The van der Waals surface area contributed by atoms with Crippen LogP contribution in [0.4, 0.5) is 4.39 Å². The molecule has 0 heterocycles. The first-order valence-electron chi connectivity index (χ1n) is 5.74. The van der Waals surface area contributed by atoms with E-state index in [0.717, 1.165) is 0 Å². The van der Waals surface area contributed by atoms with Gasteiger partial charge in [0.05, 0.1) is 34.9 Å². The van der Waals surface area contributed by atoms with E-state index in [9.17, 15) is 14.0 Å². The summed E-state index contributed by atoms with van der Waals surface area (Å²) in [6.07, 6.45) is -3.13. The summed E-state index contributed by atoms with van der Waals surface area (Å²) >= 11 is 0. The van der Waals surface area contributed by atoms with Crippen LogP contribution in [0.1, 0.15) is 35.3 Å². The van der Waals surface area contributed by atoms with Crippen molar-refractivity contribution in [1.82, 2.24) is 0 Å². The predicted octanol–water partition coefficient (Wildman–Crippen LogP) is 1.90. The fourth-order valence-electron chi connectivity index (χ4n) is 1.53. The Kier molecular flexibility index (Phi) is 4.94. The molecule has 5 nitrogen and oxygen atoms in total. The number of ether oxygens (including phenoxy) is 1. The fraction of sp³-hybridized carbons (Fsp3) is 0.286. The molecule has 1 unspecified atom stereocenters. The van der Waals surface area contributed by atoms with Gasteiger partial charge in [0.1, 0.15) is 0 Å². The van der Waals surface area contributed by atoms with Gasteiger partial charge in [-0.25, -0.2) is 9.18 Å². The van der Waals surface area contributed by atoms with Crippen molar-refractivity contribution in [3.05, 3.63) is 34.9 Å². The highest BCUT2D eigenvalue weighted by atomic mass is 19.1. The number of alkyl halides is 1. The SMILES string of the molecule is CC(C)OC(=O)C(F)C(=O)c1c(C#N)cccc1C#N. The zero-order valence-electron chi connectivity index (χ0n) is 10.9. The topological polar surface area (TPSA) is 90.9 Å². The molecule has 20 heavy (non-hydrogen) atoms. The third-order valence-corrected chi connectivity index (χ3v) is 2.34. The van der Waals surface area contributed by atoms with Gasteiger partial charge >= 0.3 is 5.97 Å². The van der Waals surface area contributed by atoms with Crippen LogP contribution in [0.15, 0.2) is 18.2 Å². The number of hydrogen-bond acceptors (Lipinski definition) is 5. The molecule has 0 radical (unpaired) electrons. The molecule has 0 aliphatic rings. The Morgan fingerprint density at radius 2 is 1.70 bits per heavy atom. The van der Waals surface area contributed by atoms with Crippen LogP contribution in [0, 0.1) is 22.7 Å². The third kappa shape index (κ3) is 3.18. The summed E-state index contributed by atoms with van der Waals surface area (Å²) in [5.41, 5.74) is -0.714. The number of benzene rings is 1. The second-order valence-electron chi connectivity index (χ2n) is 4.16. The lowest BCUT2D eigenvalue weighted by atomic mass is 9.96. The Balaban J connectivity index is 3.19. The molecule has 6 heteroatoms. The van der Waals surface area contributed by atoms with Crippen molar-refractivity contribution in [3.63, 3.8) is 0 Å². The zero-order valence-corrected chi connectivity index (χ0v) is 10.9. The average Bonchev–Trinajstić information content (AvgIpc) is 2.43. The van der Waals surface area contributed by atoms with Crippen LogP contribution < -0.4 is 0 Å². The molecule has 102 valence electrons. The predicted molar refractivity (Wildman–Crippen MR) is 66.3 cm³/mol. The van der Waals surface area contributed by atoms with Crippen LogP contribution in [0.25, 0.3) is 0 Å². The first-order chi connectivity index (χ1) is 9.42. The second kappa shape index (κ2) is 6.44. The van der Waals surface area contributed by atoms with Gasteiger partial charge in [-0.2, -0.15) is 10.5 Å². The van der Waals surface area contributed by atoms with Crippen molar-refractivity contribution in [2.45, 2.75) is 26.1 Å². The van der Waals surface area contributed by atoms with E-state index in [1.54, 1.807) is 12.1 Å². The number of ketones is 1. The molecule has 0 aliphatic carbocycles. The van der Waals surface area contributed by atoms with Crippen molar-refractivity contribution >= 4 is 11.8 Å². The van der Waals surface area contributed by atoms with E-state index < -0.39 is 29.6 Å². The maximum absolute atomic E-state index is 13.8. The summed E-state index contributed by atoms with van der Waals surface area (Å²) in [5, 5.41) is 17.8. The minimum Gasteiger partial charge on any atom is -0.460 e. The monoisotopic (exact) mass is 274 g/mol. The number of nitrogens with zero attached hydrogens (tertiary/aromatic N) is 2. The molecule has 0 saturated heterocycles. The Hall–Kier alpha value is -2.73. The highest BCUT2D eigenvalue weighted by molar-refractivity contribution is 6.13. The van der Waals surface area contributed by atoms with Crippen molar-refractivity contribution in [1.29, 1.82) is 10.5 Å². The van der Waals surface area contributed by atoms with Crippen molar-refractivity contribution in [3.8, 4) is 12.1 Å². The lowest BCUT2D eigenvalue weighted by Crippen LogP contribution is -2.30. The van der Waals surface area contributed by atoms with E-state index in [0.29, 0.717) is 0 Å². The molecule has 1 aromatic rings. The fourth-order valence-corrected chi connectivity index (χ4v) is 1.53. The van der Waals surface area contributed by atoms with Gasteiger partial charge in [0.2, 0.25) is 5.78 Å². The highest BCUT2D eigenvalue weighted by Gasteiger charge is 2.32. The standard InChI is InChI=1S/C14H11FN2O3/c1-8(2)20-14(19)12(15)13(18)11-9(6-16)4-3-5-10(11)7-17/h3-5,8,12H,1-2H3. The van der Waals surface area contributed by atoms with Gasteiger partial charge in [0.25, 0.3) is 6.17 Å². The largest absolute Gasteiger partial charge is 0.460 e. The molecule has 1 rings (SSSR count). The highest BCUT2D eigenvalue weighted by Crippen LogP contribution is 2.18. The summed E-state index contributed by atoms with van der Waals surface area (Å²) in [4.78, 5) is 23.3. The first-order valence-corrected chi connectivity index (χ1v) is 5.74. The molecule has 1 aromatic carbocycles. The maximum Gasteiger partial charge on any atom is 0.349 e. The molecule has 0 aromatic heterocycles. The molecule has 1 atom stereocenters. The number of halogens is 1. The van der Waals surface area contributed by atoms with E-state index in [2.05, 4.69) is 4.74 Å². The summed E-state index contributed by atoms with van der Waals surface area (Å²) in [5.74, 6) is -2.58. The van der Waals surface area contributed by atoms with Gasteiger partial charge in [-0.3, -0.25) is 4.79 Å². The Morgan fingerprint density at radius 1 is 1.20 bits per heavy atom. The van der Waals surface area contributed by atoms with Crippen molar-refractivity contribution in [2.24, 2.45) is 0 Å². The molecule has 0 spiro atoms. The second-order valence-corrected chi connectivity index (χ2v) is 4.16. The zero-order chi connectivity index (χ0) is 15.3. The molecule has 0 saturated carbocycles. The van der Waals surface area contributed by atoms with Crippen LogP contribution >= 0.6 is 0 Å². The normalized spacial score (nSPS) is 11.3. The molecule has 0 amide bonds. The Morgan fingerprint density at radius 3 is 2.10 bits per heavy atom. The van der Waals surface area contributed by atoms with E-state index in [1.165, 1.54) is 32.0 Å². The van der Waals surface area contributed by atoms with Crippen LogP contribution in [-0.2, 0) is 9.53 Å². The number of rotatable bonds is 4. The number of hydrogen-bond donors (Lipinski definition) is 0. The van der Waals surface area contributed by atoms with Gasteiger partial charge in [0.15, 0.2) is 0 Å². The number of carbonyl (C=O) groups is 2. The van der Waals surface area contributed by atoms with Gasteiger partial charge in [0, 0.05) is 0 Å². The summed E-state index contributed by atoms with van der Waals surface area (Å²) < 4.78 is 18.4. The number of Topliss-reactive ketones (excluding diaryl/α,β-unsaturated/α-hetero) is 1. The number of esters is 1. The van der Waals surface area contributed by atoms with E-state index in [1.807, 2.05) is 0 Å². The molecule has 0 N–H and O–H groups in total. The van der Waals surface area contributed by atoms with Gasteiger partial charge in [-0.15, -0.1) is 0 Å². The van der Waals surface area contributed by atoms with Crippen molar-refractivity contribution < 1.29 is 18.7 Å². The van der Waals surface area contributed by atoms with Crippen molar-refractivity contribution in [2.75, 3.05) is 0 Å². The average molecular weight is 274 g/mol. The molecular formula is C14H11FN2O3. The van der Waals surface area contributed by atoms with E-state index in [4.69, 9.17) is 10.5 Å². The lowest BCUT2D eigenvalue weighted by molar-refractivity contribution is -0.151. The minimum absolute atomic E-state index is 0.158. The number of nitriles is 2. The smallest absolute Gasteiger partial charge is 0.349 e. The van der Waals surface area contributed by atoms with Gasteiger partial charge in [-0.1, -0.05) is 6.07 Å². The minimum atomic E-state index is -2.56. The molecular weight excluding hydrogens is 263 g/mol. The summed E-state index contributed by atoms with van der Waals surface area (Å²) in [6, 6.07) is 7.33. The van der Waals surface area contributed by atoms with E-state index >= 15 is 0 Å². The number of carbonyl (C=O) groups excluding carboxylic acids is 2. The molecule has 0 fully saturated rings. The quantitative estimate of drug-likeness (QED) is 0.475. The van der Waals surface area contributed by atoms with E-state index in [-0.39, 0.29) is 11.1 Å². The van der Waals surface area contributed by atoms with Crippen LogP contribution in [0.3, 0.4) is 0 Å². The van der Waals surface area contributed by atoms with Gasteiger partial charge in [-0.05, 0) is 26.0 Å². The maximum atomic E-state index is 13.8.